The predicted octanol–water partition coefficient (Wildman–Crippen LogP) is 2.14. The number of nitrogens with zero attached hydrogens (tertiary/aromatic N) is 2. The fraction of sp³-hybridized carbons (Fsp3) is 0.692. The van der Waals surface area contributed by atoms with Crippen LogP contribution in [0.5, 0.6) is 0 Å². The van der Waals surface area contributed by atoms with Crippen LogP contribution in [0.1, 0.15) is 38.1 Å². The highest BCUT2D eigenvalue weighted by atomic mass is 16.5. The van der Waals surface area contributed by atoms with Gasteiger partial charge >= 0.3 is 0 Å². The van der Waals surface area contributed by atoms with E-state index in [9.17, 15) is 4.79 Å². The quantitative estimate of drug-likeness (QED) is 0.652. The number of aromatic nitrogens is 2. The predicted molar refractivity (Wildman–Crippen MR) is 67.1 cm³/mol. The molecule has 0 amide bonds. The summed E-state index contributed by atoms with van der Waals surface area (Å²) in [5.74, 6) is 0.263. The smallest absolute Gasteiger partial charge is 0.138 e. The number of hydrogen-bond donors (Lipinski definition) is 0. The van der Waals surface area contributed by atoms with Gasteiger partial charge in [-0.1, -0.05) is 0 Å². The first-order valence-electron chi connectivity index (χ1n) is 6.30. The molecule has 0 fully saturated rings. The molecule has 0 unspecified atom stereocenters. The summed E-state index contributed by atoms with van der Waals surface area (Å²) < 4.78 is 7.11. The number of hydrogen-bond acceptors (Lipinski definition) is 3. The molecule has 1 aromatic rings. The molecular weight excluding hydrogens is 216 g/mol. The summed E-state index contributed by atoms with van der Waals surface area (Å²) in [7, 11) is 0. The fourth-order valence-electron chi connectivity index (χ4n) is 1.82. The minimum atomic E-state index is 0.263. The van der Waals surface area contributed by atoms with Gasteiger partial charge in [0.05, 0.1) is 5.69 Å². The molecule has 1 heterocycles. The molecule has 0 saturated heterocycles. The van der Waals surface area contributed by atoms with Crippen molar-refractivity contribution in [3.63, 3.8) is 0 Å². The molecule has 0 N–H and O–H groups in total. The molecule has 0 aliphatic heterocycles. The number of carbonyl (C=O) groups is 1. The molecule has 0 atom stereocenters. The van der Waals surface area contributed by atoms with Gasteiger partial charge in [-0.3, -0.25) is 9.48 Å². The highest BCUT2D eigenvalue weighted by Crippen LogP contribution is 2.07. The van der Waals surface area contributed by atoms with E-state index >= 15 is 0 Å². The molecule has 1 rings (SSSR count). The molecule has 4 heteroatoms. The summed E-state index contributed by atoms with van der Waals surface area (Å²) in [6.45, 7) is 8.16. The zero-order valence-electron chi connectivity index (χ0n) is 11.0. The molecule has 0 aromatic carbocycles. The molecule has 17 heavy (non-hydrogen) atoms. The van der Waals surface area contributed by atoms with Crippen molar-refractivity contribution in [1.82, 2.24) is 9.78 Å². The maximum absolute atomic E-state index is 11.8. The largest absolute Gasteiger partial charge is 0.382 e. The summed E-state index contributed by atoms with van der Waals surface area (Å²) in [5, 5.41) is 4.33. The van der Waals surface area contributed by atoms with Crippen molar-refractivity contribution in [2.75, 3.05) is 13.2 Å². The van der Waals surface area contributed by atoms with Crippen molar-refractivity contribution in [3.8, 4) is 0 Å². The van der Waals surface area contributed by atoms with Crippen molar-refractivity contribution in [1.29, 1.82) is 0 Å². The van der Waals surface area contributed by atoms with Crippen molar-refractivity contribution < 1.29 is 9.53 Å². The molecule has 0 aliphatic rings. The van der Waals surface area contributed by atoms with Gasteiger partial charge in [0.2, 0.25) is 0 Å². The first kappa shape index (κ1) is 13.9. The minimum Gasteiger partial charge on any atom is -0.382 e. The Labute approximate surface area is 103 Å². The number of ether oxygens (including phenoxy) is 1. The van der Waals surface area contributed by atoms with Crippen LogP contribution >= 0.6 is 0 Å². The zero-order valence-corrected chi connectivity index (χ0v) is 11.0. The van der Waals surface area contributed by atoms with Crippen LogP contribution in [-0.2, 0) is 22.5 Å². The van der Waals surface area contributed by atoms with Crippen LogP contribution in [0.3, 0.4) is 0 Å². The third-order valence-corrected chi connectivity index (χ3v) is 2.61. The highest BCUT2D eigenvalue weighted by Gasteiger charge is 2.09. The van der Waals surface area contributed by atoms with E-state index in [4.69, 9.17) is 4.74 Å². The summed E-state index contributed by atoms with van der Waals surface area (Å²) in [5.41, 5.74) is 2.00. The lowest BCUT2D eigenvalue weighted by atomic mass is 10.1. The first-order valence-corrected chi connectivity index (χ1v) is 6.30. The van der Waals surface area contributed by atoms with Gasteiger partial charge in [-0.15, -0.1) is 0 Å². The van der Waals surface area contributed by atoms with E-state index in [-0.39, 0.29) is 5.78 Å². The second-order valence-electron chi connectivity index (χ2n) is 4.11. The fourth-order valence-corrected chi connectivity index (χ4v) is 1.82. The standard InChI is InChI=1S/C13H22N2O2/c1-4-15-12(9-11(3)14-15)10-13(16)7-6-8-17-5-2/h9H,4-8,10H2,1-3H3. The molecule has 0 saturated carbocycles. The van der Waals surface area contributed by atoms with Crippen molar-refractivity contribution >= 4 is 5.78 Å². The van der Waals surface area contributed by atoms with E-state index in [1.807, 2.05) is 31.5 Å². The van der Waals surface area contributed by atoms with Crippen molar-refractivity contribution in [2.24, 2.45) is 0 Å². The van der Waals surface area contributed by atoms with Gasteiger partial charge < -0.3 is 4.74 Å². The van der Waals surface area contributed by atoms with Gasteiger partial charge in [0.25, 0.3) is 0 Å². The monoisotopic (exact) mass is 238 g/mol. The van der Waals surface area contributed by atoms with Crippen molar-refractivity contribution in [3.05, 3.63) is 17.5 Å². The Morgan fingerprint density at radius 2 is 2.24 bits per heavy atom. The van der Waals surface area contributed by atoms with E-state index in [0.717, 1.165) is 31.0 Å². The van der Waals surface area contributed by atoms with Gasteiger partial charge in [0, 0.05) is 38.3 Å². The van der Waals surface area contributed by atoms with E-state index in [2.05, 4.69) is 5.10 Å². The Hall–Kier alpha value is -1.16. The maximum Gasteiger partial charge on any atom is 0.138 e. The summed E-state index contributed by atoms with van der Waals surface area (Å²) in [6, 6.07) is 1.99. The van der Waals surface area contributed by atoms with Gasteiger partial charge in [-0.05, 0) is 33.3 Å². The van der Waals surface area contributed by atoms with Crippen molar-refractivity contribution in [2.45, 2.75) is 46.6 Å². The molecular formula is C13H22N2O2. The third kappa shape index (κ3) is 4.69. The second kappa shape index (κ2) is 7.22. The van der Waals surface area contributed by atoms with Crippen LogP contribution in [0.25, 0.3) is 0 Å². The molecule has 4 nitrogen and oxygen atoms in total. The average Bonchev–Trinajstić information content (AvgIpc) is 2.65. The normalized spacial score (nSPS) is 10.8. The lowest BCUT2D eigenvalue weighted by Crippen LogP contribution is -2.10. The number of carbonyl (C=O) groups excluding carboxylic acids is 1. The van der Waals surface area contributed by atoms with Gasteiger partial charge in [-0.25, -0.2) is 0 Å². The van der Waals surface area contributed by atoms with Gasteiger partial charge in [0.1, 0.15) is 5.78 Å². The Morgan fingerprint density at radius 3 is 2.88 bits per heavy atom. The molecule has 1 aromatic heterocycles. The first-order chi connectivity index (χ1) is 8.17. The summed E-state index contributed by atoms with van der Waals surface area (Å²) >= 11 is 0. The van der Waals surface area contributed by atoms with Crippen LogP contribution in [0.15, 0.2) is 6.07 Å². The SMILES string of the molecule is CCOCCCC(=O)Cc1cc(C)nn1CC. The second-order valence-corrected chi connectivity index (χ2v) is 4.11. The topological polar surface area (TPSA) is 44.1 Å². The average molecular weight is 238 g/mol. The van der Waals surface area contributed by atoms with Crippen LogP contribution in [0.2, 0.25) is 0 Å². The number of aryl methyl sites for hydroxylation is 2. The Bertz CT molecular complexity index is 358. The van der Waals surface area contributed by atoms with E-state index in [0.29, 0.717) is 19.4 Å². The molecule has 0 bridgehead atoms. The summed E-state index contributed by atoms with van der Waals surface area (Å²) in [4.78, 5) is 11.8. The summed E-state index contributed by atoms with van der Waals surface area (Å²) in [6.07, 6.45) is 1.89. The zero-order chi connectivity index (χ0) is 12.7. The van der Waals surface area contributed by atoms with E-state index in [1.165, 1.54) is 0 Å². The van der Waals surface area contributed by atoms with Crippen LogP contribution in [-0.4, -0.2) is 28.8 Å². The number of ketones is 1. The molecule has 96 valence electrons. The van der Waals surface area contributed by atoms with Crippen LogP contribution in [0, 0.1) is 6.92 Å². The lowest BCUT2D eigenvalue weighted by Gasteiger charge is -2.04. The number of Topliss-reactive ketones (excluding diaryl/α,β-unsaturated/α-hetero) is 1. The molecule has 0 radical (unpaired) electrons. The minimum absolute atomic E-state index is 0.263. The highest BCUT2D eigenvalue weighted by molar-refractivity contribution is 5.80. The molecule has 0 spiro atoms. The molecule has 0 aliphatic carbocycles. The third-order valence-electron chi connectivity index (χ3n) is 2.61. The Balaban J connectivity index is 2.39. The van der Waals surface area contributed by atoms with E-state index < -0.39 is 0 Å². The Kier molecular flexibility index (Phi) is 5.91. The van der Waals surface area contributed by atoms with Gasteiger partial charge in [-0.2, -0.15) is 5.10 Å². The van der Waals surface area contributed by atoms with E-state index in [1.54, 1.807) is 0 Å². The van der Waals surface area contributed by atoms with Crippen LogP contribution < -0.4 is 0 Å². The maximum atomic E-state index is 11.8. The Morgan fingerprint density at radius 1 is 1.47 bits per heavy atom. The van der Waals surface area contributed by atoms with Crippen LogP contribution in [0.4, 0.5) is 0 Å². The van der Waals surface area contributed by atoms with Gasteiger partial charge in [0.15, 0.2) is 0 Å². The lowest BCUT2D eigenvalue weighted by molar-refractivity contribution is -0.118. The number of rotatable bonds is 8.